The van der Waals surface area contributed by atoms with Gasteiger partial charge in [-0.1, -0.05) is 58.3 Å². The Balaban J connectivity index is 0. The quantitative estimate of drug-likeness (QED) is 0.359. The van der Waals surface area contributed by atoms with Gasteiger partial charge in [-0.3, -0.25) is 9.35 Å². The van der Waals surface area contributed by atoms with Gasteiger partial charge < -0.3 is 4.18 Å². The molecular weight excluding hydrogens is 263 g/mol. The van der Waals surface area contributed by atoms with E-state index >= 15 is 0 Å². The van der Waals surface area contributed by atoms with Gasteiger partial charge in [-0.05, 0) is 6.42 Å². The molecule has 0 heterocycles. The van der Waals surface area contributed by atoms with Crippen molar-refractivity contribution in [3.63, 3.8) is 0 Å². The molecule has 7 heteroatoms. The average molecular weight is 288 g/mol. The minimum atomic E-state index is -4.63. The van der Waals surface area contributed by atoms with E-state index in [9.17, 15) is 13.2 Å². The van der Waals surface area contributed by atoms with Crippen molar-refractivity contribution in [1.82, 2.24) is 0 Å². The van der Waals surface area contributed by atoms with Crippen molar-refractivity contribution in [3.05, 3.63) is 0 Å². The molecular formula is C12H25LiO5S. The fourth-order valence-electron chi connectivity index (χ4n) is 1.74. The molecule has 0 aromatic heterocycles. The van der Waals surface area contributed by atoms with Gasteiger partial charge in [-0.15, -0.1) is 0 Å². The third kappa shape index (κ3) is 18.0. The molecule has 0 rings (SSSR count). The van der Waals surface area contributed by atoms with Crippen LogP contribution in [0.5, 0.6) is 0 Å². The first-order valence-electron chi connectivity index (χ1n) is 6.65. The summed E-state index contributed by atoms with van der Waals surface area (Å²) < 4.78 is 32.5. The van der Waals surface area contributed by atoms with Crippen LogP contribution in [0.2, 0.25) is 0 Å². The fraction of sp³-hybridized carbons (Fsp3) is 0.917. The SMILES string of the molecule is CCCCCCCCCCCC(=O)OS(=O)(=O)O.[LiH]. The summed E-state index contributed by atoms with van der Waals surface area (Å²) in [5.74, 6) is -0.888. The van der Waals surface area contributed by atoms with Crippen LogP contribution in [0.3, 0.4) is 0 Å². The van der Waals surface area contributed by atoms with Gasteiger partial charge in [0.25, 0.3) is 0 Å². The van der Waals surface area contributed by atoms with Gasteiger partial charge in [0.1, 0.15) is 0 Å². The maximum atomic E-state index is 10.9. The fourth-order valence-corrected chi connectivity index (χ4v) is 2.06. The van der Waals surface area contributed by atoms with Crippen molar-refractivity contribution in [3.8, 4) is 0 Å². The summed E-state index contributed by atoms with van der Waals surface area (Å²) in [5, 5.41) is 0. The van der Waals surface area contributed by atoms with E-state index in [-0.39, 0.29) is 25.3 Å². The monoisotopic (exact) mass is 288 g/mol. The molecule has 0 bridgehead atoms. The van der Waals surface area contributed by atoms with Gasteiger partial charge in [0, 0.05) is 6.42 Å². The van der Waals surface area contributed by atoms with E-state index in [2.05, 4.69) is 11.1 Å². The van der Waals surface area contributed by atoms with E-state index < -0.39 is 16.4 Å². The zero-order valence-corrected chi connectivity index (χ0v) is 11.9. The molecule has 0 amide bonds. The first-order valence-corrected chi connectivity index (χ1v) is 8.02. The number of carbonyl (C=O) groups excluding carboxylic acids is 1. The standard InChI is InChI=1S/C12H24O5S.Li.H/c1-2-3-4-5-6-7-8-9-10-11-12(13)17-18(14,15)16;;/h2-11H2,1H3,(H,14,15,16);;. The Morgan fingerprint density at radius 1 is 0.947 bits per heavy atom. The molecule has 0 aromatic carbocycles. The summed E-state index contributed by atoms with van der Waals surface area (Å²) in [5.41, 5.74) is 0. The molecule has 0 saturated heterocycles. The van der Waals surface area contributed by atoms with Crippen LogP contribution in [-0.4, -0.2) is 37.8 Å². The van der Waals surface area contributed by atoms with Gasteiger partial charge in [0.05, 0.1) is 0 Å². The molecule has 19 heavy (non-hydrogen) atoms. The van der Waals surface area contributed by atoms with Gasteiger partial charge in [0.2, 0.25) is 0 Å². The summed E-state index contributed by atoms with van der Waals surface area (Å²) in [6.45, 7) is 2.19. The van der Waals surface area contributed by atoms with E-state index in [0.717, 1.165) is 19.3 Å². The summed E-state index contributed by atoms with van der Waals surface area (Å²) in [6.07, 6.45) is 10.0. The summed E-state index contributed by atoms with van der Waals surface area (Å²) in [6, 6.07) is 0. The van der Waals surface area contributed by atoms with Gasteiger partial charge in [-0.25, -0.2) is 0 Å². The normalized spacial score (nSPS) is 10.8. The molecule has 1 N–H and O–H groups in total. The molecule has 0 aliphatic rings. The number of rotatable bonds is 11. The van der Waals surface area contributed by atoms with Crippen molar-refractivity contribution in [2.24, 2.45) is 0 Å². The molecule has 0 fully saturated rings. The average Bonchev–Trinajstić information content (AvgIpc) is 2.24. The van der Waals surface area contributed by atoms with Crippen molar-refractivity contribution < 1.29 is 21.9 Å². The first-order chi connectivity index (χ1) is 8.45. The van der Waals surface area contributed by atoms with Crippen molar-refractivity contribution >= 4 is 35.2 Å². The molecule has 0 saturated carbocycles. The van der Waals surface area contributed by atoms with Crippen LogP contribution in [0.1, 0.15) is 71.1 Å². The molecule has 0 unspecified atom stereocenters. The van der Waals surface area contributed by atoms with Crippen molar-refractivity contribution in [2.45, 2.75) is 71.1 Å². The van der Waals surface area contributed by atoms with Gasteiger partial charge in [0.15, 0.2) is 0 Å². The third-order valence-corrected chi connectivity index (χ3v) is 3.08. The van der Waals surface area contributed by atoms with Crippen LogP contribution < -0.4 is 0 Å². The first kappa shape index (κ1) is 21.3. The van der Waals surface area contributed by atoms with Crippen LogP contribution in [0, 0.1) is 0 Å². The Labute approximate surface area is 128 Å². The summed E-state index contributed by atoms with van der Waals surface area (Å²) in [7, 11) is -4.63. The minimum absolute atomic E-state index is 0. The van der Waals surface area contributed by atoms with Crippen molar-refractivity contribution in [1.29, 1.82) is 0 Å². The molecule has 0 aliphatic heterocycles. The number of carbonyl (C=O) groups is 1. The van der Waals surface area contributed by atoms with Crippen LogP contribution in [0.4, 0.5) is 0 Å². The molecule has 0 aliphatic carbocycles. The van der Waals surface area contributed by atoms with Crippen LogP contribution >= 0.6 is 0 Å². The number of hydrogen-bond acceptors (Lipinski definition) is 4. The Kier molecular flexibility index (Phi) is 14.5. The van der Waals surface area contributed by atoms with E-state index in [1.54, 1.807) is 0 Å². The number of hydrogen-bond donors (Lipinski definition) is 1. The second-order valence-corrected chi connectivity index (χ2v) is 5.48. The predicted octanol–water partition coefficient (Wildman–Crippen LogP) is 2.60. The van der Waals surface area contributed by atoms with Crippen LogP contribution in [-0.2, 0) is 19.4 Å². The topological polar surface area (TPSA) is 80.7 Å². The van der Waals surface area contributed by atoms with Gasteiger partial charge in [-0.2, -0.15) is 8.42 Å². The third-order valence-electron chi connectivity index (χ3n) is 2.68. The van der Waals surface area contributed by atoms with Crippen molar-refractivity contribution in [2.75, 3.05) is 0 Å². The second kappa shape index (κ2) is 13.0. The Morgan fingerprint density at radius 3 is 1.79 bits per heavy atom. The molecule has 0 atom stereocenters. The Bertz CT molecular complexity index is 316. The van der Waals surface area contributed by atoms with E-state index in [1.165, 1.54) is 32.1 Å². The molecule has 0 radical (unpaired) electrons. The molecule has 110 valence electrons. The zero-order chi connectivity index (χ0) is 13.9. The Hall–Kier alpha value is -0.0226. The van der Waals surface area contributed by atoms with E-state index in [4.69, 9.17) is 4.55 Å². The predicted molar refractivity (Wildman–Crippen MR) is 76.6 cm³/mol. The second-order valence-electron chi connectivity index (χ2n) is 4.46. The van der Waals surface area contributed by atoms with Crippen LogP contribution in [0.15, 0.2) is 0 Å². The Morgan fingerprint density at radius 2 is 1.37 bits per heavy atom. The van der Waals surface area contributed by atoms with E-state index in [1.807, 2.05) is 0 Å². The summed E-state index contributed by atoms with van der Waals surface area (Å²) >= 11 is 0. The molecule has 0 aromatic rings. The number of unbranched alkanes of at least 4 members (excludes halogenated alkanes) is 8. The zero-order valence-electron chi connectivity index (χ0n) is 11.1. The molecule has 0 spiro atoms. The summed E-state index contributed by atoms with van der Waals surface area (Å²) in [4.78, 5) is 10.9. The van der Waals surface area contributed by atoms with Crippen LogP contribution in [0.25, 0.3) is 0 Å². The molecule has 5 nitrogen and oxygen atoms in total. The van der Waals surface area contributed by atoms with E-state index in [0.29, 0.717) is 6.42 Å². The maximum absolute atomic E-state index is 10.9. The van der Waals surface area contributed by atoms with Gasteiger partial charge >= 0.3 is 35.2 Å².